The molecule has 0 aromatic carbocycles. The van der Waals surface area contributed by atoms with E-state index < -0.39 is 12.2 Å². The van der Waals surface area contributed by atoms with Crippen molar-refractivity contribution in [2.45, 2.75) is 50.5 Å². The van der Waals surface area contributed by atoms with Gasteiger partial charge in [0.05, 0.1) is 25.2 Å². The van der Waals surface area contributed by atoms with E-state index in [9.17, 15) is 14.7 Å². The number of nitrogens with one attached hydrogen (secondary N) is 2. The normalized spacial score (nSPS) is 25.3. The maximum absolute atomic E-state index is 12.1. The van der Waals surface area contributed by atoms with Crippen LogP contribution in [0.1, 0.15) is 31.2 Å². The molecule has 1 aliphatic carbocycles. The Labute approximate surface area is 152 Å². The van der Waals surface area contributed by atoms with Gasteiger partial charge in [0, 0.05) is 24.9 Å². The lowest BCUT2D eigenvalue weighted by atomic mass is 9.84. The predicted octanol–water partition coefficient (Wildman–Crippen LogP) is 0.689. The number of carbonyl (C=O) groups is 2. The highest BCUT2D eigenvalue weighted by molar-refractivity contribution is 5.80. The average molecular weight is 359 g/mol. The summed E-state index contributed by atoms with van der Waals surface area (Å²) in [6, 6.07) is 3.33. The molecular weight excluding hydrogens is 334 g/mol. The number of aliphatic hydroxyl groups excluding tert-OH is 1. The molecule has 0 bridgehead atoms. The SMILES string of the molecule is O=C(C[C@H]1C=C[C@@H](NC(=O)C2CCC2)[C@@H](CO)O1)NCc1ccncc1. The first-order valence-corrected chi connectivity index (χ1v) is 9.06. The lowest BCUT2D eigenvalue weighted by Gasteiger charge is -2.33. The fourth-order valence-electron chi connectivity index (χ4n) is 3.04. The Hall–Kier alpha value is -2.25. The molecule has 0 unspecified atom stereocenters. The van der Waals surface area contributed by atoms with Gasteiger partial charge in [-0.2, -0.15) is 0 Å². The number of amides is 2. The number of aliphatic hydroxyl groups is 1. The molecule has 140 valence electrons. The van der Waals surface area contributed by atoms with Gasteiger partial charge in [-0.3, -0.25) is 14.6 Å². The molecule has 1 saturated carbocycles. The molecule has 2 amide bonds. The molecular formula is C19H25N3O4. The first kappa shape index (κ1) is 18.5. The van der Waals surface area contributed by atoms with Gasteiger partial charge in [-0.15, -0.1) is 0 Å². The van der Waals surface area contributed by atoms with E-state index in [1.54, 1.807) is 18.5 Å². The van der Waals surface area contributed by atoms with Gasteiger partial charge in [0.1, 0.15) is 6.10 Å². The summed E-state index contributed by atoms with van der Waals surface area (Å²) in [7, 11) is 0. The average Bonchev–Trinajstić information content (AvgIpc) is 2.60. The summed E-state index contributed by atoms with van der Waals surface area (Å²) in [6.07, 6.45) is 9.11. The van der Waals surface area contributed by atoms with Gasteiger partial charge in [0.2, 0.25) is 11.8 Å². The summed E-state index contributed by atoms with van der Waals surface area (Å²) >= 11 is 0. The van der Waals surface area contributed by atoms with Crippen molar-refractivity contribution in [2.24, 2.45) is 5.92 Å². The molecule has 0 saturated heterocycles. The number of pyridine rings is 1. The van der Waals surface area contributed by atoms with Crippen molar-refractivity contribution in [2.75, 3.05) is 6.61 Å². The molecule has 3 rings (SSSR count). The molecule has 3 N–H and O–H groups in total. The largest absolute Gasteiger partial charge is 0.394 e. The van der Waals surface area contributed by atoms with Crippen LogP contribution in [0.25, 0.3) is 0 Å². The van der Waals surface area contributed by atoms with Gasteiger partial charge >= 0.3 is 0 Å². The number of ether oxygens (including phenoxy) is 1. The maximum atomic E-state index is 12.1. The molecule has 0 radical (unpaired) electrons. The number of hydrogen-bond donors (Lipinski definition) is 3. The first-order chi connectivity index (χ1) is 12.7. The van der Waals surface area contributed by atoms with E-state index >= 15 is 0 Å². The van der Waals surface area contributed by atoms with Gasteiger partial charge in [-0.1, -0.05) is 18.6 Å². The third kappa shape index (κ3) is 4.89. The molecule has 1 aromatic rings. The van der Waals surface area contributed by atoms with Crippen LogP contribution in [0.4, 0.5) is 0 Å². The molecule has 2 heterocycles. The topological polar surface area (TPSA) is 101 Å². The molecule has 7 heteroatoms. The fraction of sp³-hybridized carbons (Fsp3) is 0.526. The van der Waals surface area contributed by atoms with E-state index in [4.69, 9.17) is 4.74 Å². The van der Waals surface area contributed by atoms with Crippen molar-refractivity contribution < 1.29 is 19.4 Å². The highest BCUT2D eigenvalue weighted by Crippen LogP contribution is 2.27. The Morgan fingerprint density at radius 1 is 1.23 bits per heavy atom. The monoisotopic (exact) mass is 359 g/mol. The van der Waals surface area contributed by atoms with Crippen molar-refractivity contribution in [3.63, 3.8) is 0 Å². The number of nitrogens with zero attached hydrogens (tertiary/aromatic N) is 1. The van der Waals surface area contributed by atoms with Crippen molar-refractivity contribution in [1.29, 1.82) is 0 Å². The lowest BCUT2D eigenvalue weighted by Crippen LogP contribution is -2.51. The van der Waals surface area contributed by atoms with E-state index in [0.29, 0.717) is 6.54 Å². The Morgan fingerprint density at radius 2 is 2.00 bits per heavy atom. The highest BCUT2D eigenvalue weighted by atomic mass is 16.5. The molecule has 7 nitrogen and oxygen atoms in total. The Balaban J connectivity index is 1.47. The van der Waals surface area contributed by atoms with E-state index in [2.05, 4.69) is 15.6 Å². The minimum atomic E-state index is -0.540. The minimum Gasteiger partial charge on any atom is -0.394 e. The number of aromatic nitrogens is 1. The van der Waals surface area contributed by atoms with Crippen molar-refractivity contribution in [3.8, 4) is 0 Å². The van der Waals surface area contributed by atoms with Gasteiger partial charge in [-0.25, -0.2) is 0 Å². The standard InChI is InChI=1S/C19H25N3O4/c23-12-17-16(22-19(25)14-2-1-3-14)5-4-15(26-17)10-18(24)21-11-13-6-8-20-9-7-13/h4-9,14-17,23H,1-3,10-12H2,(H,21,24)(H,22,25)/t15-,16-,17-/m1/s1. The summed E-state index contributed by atoms with van der Waals surface area (Å²) in [5, 5.41) is 15.3. The predicted molar refractivity (Wildman–Crippen MR) is 94.9 cm³/mol. The molecule has 1 aliphatic heterocycles. The molecule has 1 aromatic heterocycles. The van der Waals surface area contributed by atoms with Gasteiger partial charge in [0.15, 0.2) is 0 Å². The summed E-state index contributed by atoms with van der Waals surface area (Å²) in [4.78, 5) is 28.1. The van der Waals surface area contributed by atoms with E-state index in [1.165, 1.54) is 0 Å². The summed E-state index contributed by atoms with van der Waals surface area (Å²) in [5.41, 5.74) is 0.973. The summed E-state index contributed by atoms with van der Waals surface area (Å²) in [5.74, 6) is -0.0361. The summed E-state index contributed by atoms with van der Waals surface area (Å²) < 4.78 is 5.78. The van der Waals surface area contributed by atoms with Gasteiger partial charge in [-0.05, 0) is 30.5 Å². The lowest BCUT2D eigenvalue weighted by molar-refractivity contribution is -0.132. The zero-order chi connectivity index (χ0) is 18.4. The molecule has 3 atom stereocenters. The maximum Gasteiger partial charge on any atom is 0.223 e. The van der Waals surface area contributed by atoms with Crippen LogP contribution in [0.2, 0.25) is 0 Å². The van der Waals surface area contributed by atoms with Crippen LogP contribution >= 0.6 is 0 Å². The quantitative estimate of drug-likeness (QED) is 0.622. The molecule has 26 heavy (non-hydrogen) atoms. The second-order valence-corrected chi connectivity index (χ2v) is 6.78. The van der Waals surface area contributed by atoms with Crippen molar-refractivity contribution in [1.82, 2.24) is 15.6 Å². The van der Waals surface area contributed by atoms with Crippen LogP contribution < -0.4 is 10.6 Å². The number of rotatable bonds is 7. The van der Waals surface area contributed by atoms with E-state index in [1.807, 2.05) is 18.2 Å². The third-order valence-corrected chi connectivity index (χ3v) is 4.87. The van der Waals surface area contributed by atoms with Gasteiger partial charge < -0.3 is 20.5 Å². The van der Waals surface area contributed by atoms with Crippen molar-refractivity contribution >= 4 is 11.8 Å². The fourth-order valence-corrected chi connectivity index (χ4v) is 3.04. The third-order valence-electron chi connectivity index (χ3n) is 4.87. The van der Waals surface area contributed by atoms with E-state index in [0.717, 1.165) is 24.8 Å². The Morgan fingerprint density at radius 3 is 2.65 bits per heavy atom. The zero-order valence-corrected chi connectivity index (χ0v) is 14.6. The Bertz CT molecular complexity index is 645. The number of carbonyl (C=O) groups excluding carboxylic acids is 2. The van der Waals surface area contributed by atoms with Gasteiger partial charge in [0.25, 0.3) is 0 Å². The second-order valence-electron chi connectivity index (χ2n) is 6.78. The highest BCUT2D eigenvalue weighted by Gasteiger charge is 2.32. The smallest absolute Gasteiger partial charge is 0.223 e. The minimum absolute atomic E-state index is 0.0153. The van der Waals surface area contributed by atoms with Crippen LogP contribution in [0.5, 0.6) is 0 Å². The number of hydrogen-bond acceptors (Lipinski definition) is 5. The van der Waals surface area contributed by atoms with Crippen LogP contribution in [-0.2, 0) is 20.9 Å². The van der Waals surface area contributed by atoms with Crippen molar-refractivity contribution in [3.05, 3.63) is 42.2 Å². The van der Waals surface area contributed by atoms with Crippen LogP contribution in [0.15, 0.2) is 36.7 Å². The van der Waals surface area contributed by atoms with Crippen LogP contribution in [-0.4, -0.2) is 46.8 Å². The van der Waals surface area contributed by atoms with Crippen LogP contribution in [0.3, 0.4) is 0 Å². The zero-order valence-electron chi connectivity index (χ0n) is 14.6. The molecule has 1 fully saturated rings. The van der Waals surface area contributed by atoms with E-state index in [-0.39, 0.29) is 36.8 Å². The second kappa shape index (κ2) is 8.91. The summed E-state index contributed by atoms with van der Waals surface area (Å²) in [6.45, 7) is 0.219. The first-order valence-electron chi connectivity index (χ1n) is 9.06. The molecule has 0 spiro atoms. The van der Waals surface area contributed by atoms with Crippen LogP contribution in [0, 0.1) is 5.92 Å². The molecule has 2 aliphatic rings. The Kier molecular flexibility index (Phi) is 6.35.